The van der Waals surface area contributed by atoms with E-state index in [0.29, 0.717) is 6.54 Å². The molecule has 1 fully saturated rings. The molecule has 18 heavy (non-hydrogen) atoms. The maximum Gasteiger partial charge on any atom is 0.246 e. The molecular formula is C14H24N2O2. The van der Waals surface area contributed by atoms with Crippen LogP contribution in [-0.2, 0) is 9.59 Å². The Balaban J connectivity index is 3.08. The lowest BCUT2D eigenvalue weighted by Gasteiger charge is -2.44. The molecule has 1 saturated heterocycles. The molecule has 1 aliphatic heterocycles. The van der Waals surface area contributed by atoms with Gasteiger partial charge < -0.3 is 10.2 Å². The van der Waals surface area contributed by atoms with E-state index >= 15 is 0 Å². The first-order valence-corrected chi connectivity index (χ1v) is 6.42. The highest BCUT2D eigenvalue weighted by Crippen LogP contribution is 2.27. The van der Waals surface area contributed by atoms with Crippen LogP contribution >= 0.6 is 0 Å². The van der Waals surface area contributed by atoms with Gasteiger partial charge in [-0.05, 0) is 11.3 Å². The number of carbonyl (C=O) groups is 2. The van der Waals surface area contributed by atoms with Crippen LogP contribution in [0, 0.1) is 11.3 Å². The number of hydrogen-bond donors (Lipinski definition) is 1. The standard InChI is InChI=1S/C14H24N2O2/c1-7-8-16-10(9(2)3)12(17)15-11(13(16)18)14(4,5)6/h7,9-11H,1,8H2,2-6H3,(H,15,17). The first kappa shape index (κ1) is 14.7. The summed E-state index contributed by atoms with van der Waals surface area (Å²) in [7, 11) is 0. The summed E-state index contributed by atoms with van der Waals surface area (Å²) in [5.41, 5.74) is -0.284. The Hall–Kier alpha value is -1.32. The van der Waals surface area contributed by atoms with Crippen molar-refractivity contribution >= 4 is 11.8 Å². The summed E-state index contributed by atoms with van der Waals surface area (Å²) in [6, 6.07) is -0.853. The minimum atomic E-state index is -0.458. The van der Waals surface area contributed by atoms with E-state index in [4.69, 9.17) is 0 Å². The number of carbonyl (C=O) groups excluding carboxylic acids is 2. The van der Waals surface area contributed by atoms with Crippen LogP contribution in [0.1, 0.15) is 34.6 Å². The van der Waals surface area contributed by atoms with Gasteiger partial charge in [0.2, 0.25) is 11.8 Å². The van der Waals surface area contributed by atoms with E-state index in [1.54, 1.807) is 11.0 Å². The maximum atomic E-state index is 12.5. The number of hydrogen-bond acceptors (Lipinski definition) is 2. The van der Waals surface area contributed by atoms with Crippen molar-refractivity contribution in [3.8, 4) is 0 Å². The molecule has 0 aliphatic carbocycles. The molecule has 0 saturated carbocycles. The van der Waals surface area contributed by atoms with Crippen LogP contribution in [0.2, 0.25) is 0 Å². The van der Waals surface area contributed by atoms with Crippen molar-refractivity contribution in [2.75, 3.05) is 6.54 Å². The molecule has 1 aliphatic rings. The smallest absolute Gasteiger partial charge is 0.246 e. The number of amides is 2. The second-order valence-electron chi connectivity index (χ2n) is 6.28. The summed E-state index contributed by atoms with van der Waals surface area (Å²) >= 11 is 0. The molecule has 0 spiro atoms. The average molecular weight is 252 g/mol. The van der Waals surface area contributed by atoms with Crippen molar-refractivity contribution in [3.63, 3.8) is 0 Å². The predicted molar refractivity (Wildman–Crippen MR) is 71.9 cm³/mol. The Morgan fingerprint density at radius 1 is 1.39 bits per heavy atom. The highest BCUT2D eigenvalue weighted by molar-refractivity contribution is 5.97. The van der Waals surface area contributed by atoms with Crippen molar-refractivity contribution < 1.29 is 9.59 Å². The van der Waals surface area contributed by atoms with Gasteiger partial charge in [-0.2, -0.15) is 0 Å². The highest BCUT2D eigenvalue weighted by atomic mass is 16.2. The van der Waals surface area contributed by atoms with Gasteiger partial charge in [0.25, 0.3) is 0 Å². The molecule has 0 aromatic carbocycles. The lowest BCUT2D eigenvalue weighted by Crippen LogP contribution is -2.67. The fourth-order valence-corrected chi connectivity index (χ4v) is 2.33. The van der Waals surface area contributed by atoms with Gasteiger partial charge >= 0.3 is 0 Å². The minimum absolute atomic E-state index is 0.0132. The van der Waals surface area contributed by atoms with Gasteiger partial charge in [0.15, 0.2) is 0 Å². The molecule has 0 radical (unpaired) electrons. The first-order valence-electron chi connectivity index (χ1n) is 6.42. The molecular weight excluding hydrogens is 228 g/mol. The van der Waals surface area contributed by atoms with Crippen molar-refractivity contribution in [1.29, 1.82) is 0 Å². The molecule has 0 aromatic heterocycles. The SMILES string of the molecule is C=CCN1C(=O)C(C(C)(C)C)NC(=O)C1C(C)C. The van der Waals surface area contributed by atoms with E-state index in [2.05, 4.69) is 11.9 Å². The monoisotopic (exact) mass is 252 g/mol. The van der Waals surface area contributed by atoms with Gasteiger partial charge in [-0.25, -0.2) is 0 Å². The summed E-state index contributed by atoms with van der Waals surface area (Å²) in [4.78, 5) is 26.3. The third kappa shape index (κ3) is 2.74. The lowest BCUT2D eigenvalue weighted by molar-refractivity contribution is -0.153. The van der Waals surface area contributed by atoms with Gasteiger partial charge in [0.1, 0.15) is 12.1 Å². The zero-order chi connectivity index (χ0) is 14.1. The Kier molecular flexibility index (Phi) is 4.20. The fraction of sp³-hybridized carbons (Fsp3) is 0.714. The van der Waals surface area contributed by atoms with Crippen LogP contribution in [0.3, 0.4) is 0 Å². The average Bonchev–Trinajstić information content (AvgIpc) is 2.21. The van der Waals surface area contributed by atoms with E-state index < -0.39 is 12.1 Å². The van der Waals surface area contributed by atoms with Gasteiger partial charge in [-0.15, -0.1) is 6.58 Å². The van der Waals surface area contributed by atoms with Crippen molar-refractivity contribution in [2.45, 2.75) is 46.7 Å². The summed E-state index contributed by atoms with van der Waals surface area (Å²) in [6.45, 7) is 13.9. The van der Waals surface area contributed by atoms with E-state index in [0.717, 1.165) is 0 Å². The van der Waals surface area contributed by atoms with Gasteiger partial charge in [-0.3, -0.25) is 9.59 Å². The Labute approximate surface area is 109 Å². The van der Waals surface area contributed by atoms with E-state index in [1.165, 1.54) is 0 Å². The quantitative estimate of drug-likeness (QED) is 0.775. The van der Waals surface area contributed by atoms with E-state index in [-0.39, 0.29) is 23.1 Å². The molecule has 1 heterocycles. The van der Waals surface area contributed by atoms with Crippen LogP contribution in [0.4, 0.5) is 0 Å². The Morgan fingerprint density at radius 3 is 2.33 bits per heavy atom. The number of piperazine rings is 1. The molecule has 0 aromatic rings. The molecule has 0 bridgehead atoms. The van der Waals surface area contributed by atoms with Gasteiger partial charge in [0.05, 0.1) is 0 Å². The number of rotatable bonds is 3. The predicted octanol–water partition coefficient (Wildman–Crippen LogP) is 1.57. The summed E-state index contributed by atoms with van der Waals surface area (Å²) < 4.78 is 0. The first-order chi connectivity index (χ1) is 8.20. The maximum absolute atomic E-state index is 12.5. The van der Waals surface area contributed by atoms with Gasteiger partial charge in [-0.1, -0.05) is 40.7 Å². The van der Waals surface area contributed by atoms with E-state index in [1.807, 2.05) is 34.6 Å². The van der Waals surface area contributed by atoms with Crippen molar-refractivity contribution in [2.24, 2.45) is 11.3 Å². The van der Waals surface area contributed by atoms with Crippen LogP contribution in [0.15, 0.2) is 12.7 Å². The molecule has 2 unspecified atom stereocenters. The third-order valence-electron chi connectivity index (χ3n) is 3.24. The second-order valence-corrected chi connectivity index (χ2v) is 6.28. The van der Waals surface area contributed by atoms with Crippen LogP contribution in [0.5, 0.6) is 0 Å². The topological polar surface area (TPSA) is 49.4 Å². The fourth-order valence-electron chi connectivity index (χ4n) is 2.33. The molecule has 4 heteroatoms. The Bertz CT molecular complexity index is 355. The molecule has 1 N–H and O–H groups in total. The minimum Gasteiger partial charge on any atom is -0.342 e. The zero-order valence-electron chi connectivity index (χ0n) is 12.0. The Morgan fingerprint density at radius 2 is 1.94 bits per heavy atom. The van der Waals surface area contributed by atoms with Crippen molar-refractivity contribution in [1.82, 2.24) is 10.2 Å². The zero-order valence-corrected chi connectivity index (χ0v) is 12.0. The largest absolute Gasteiger partial charge is 0.342 e. The molecule has 102 valence electrons. The summed E-state index contributed by atoms with van der Waals surface area (Å²) in [5.74, 6) is 0.0156. The number of nitrogens with zero attached hydrogens (tertiary/aromatic N) is 1. The van der Waals surface area contributed by atoms with Crippen molar-refractivity contribution in [3.05, 3.63) is 12.7 Å². The summed E-state index contributed by atoms with van der Waals surface area (Å²) in [5, 5.41) is 2.86. The number of nitrogens with one attached hydrogen (secondary N) is 1. The van der Waals surface area contributed by atoms with Crippen LogP contribution in [-0.4, -0.2) is 35.3 Å². The highest BCUT2D eigenvalue weighted by Gasteiger charge is 2.45. The lowest BCUT2D eigenvalue weighted by atomic mass is 9.83. The third-order valence-corrected chi connectivity index (χ3v) is 3.24. The van der Waals surface area contributed by atoms with E-state index in [9.17, 15) is 9.59 Å². The molecule has 2 amide bonds. The van der Waals surface area contributed by atoms with Crippen LogP contribution in [0.25, 0.3) is 0 Å². The molecule has 4 nitrogen and oxygen atoms in total. The van der Waals surface area contributed by atoms with Crippen LogP contribution < -0.4 is 5.32 Å². The normalized spacial score (nSPS) is 25.3. The summed E-state index contributed by atoms with van der Waals surface area (Å²) in [6.07, 6.45) is 1.67. The van der Waals surface area contributed by atoms with Gasteiger partial charge in [0, 0.05) is 6.54 Å². The molecule has 2 atom stereocenters. The molecule has 1 rings (SSSR count). The second kappa shape index (κ2) is 5.12.